The van der Waals surface area contributed by atoms with Gasteiger partial charge >= 0.3 is 5.97 Å². The van der Waals surface area contributed by atoms with Crippen molar-refractivity contribution in [3.63, 3.8) is 0 Å². The minimum absolute atomic E-state index is 0.116. The van der Waals surface area contributed by atoms with E-state index in [0.717, 1.165) is 23.7 Å². The first-order valence-electron chi connectivity index (χ1n) is 6.53. The molecular weight excluding hydrogens is 276 g/mol. The first kappa shape index (κ1) is 14.7. The molecule has 0 saturated heterocycles. The van der Waals surface area contributed by atoms with Crippen molar-refractivity contribution in [2.75, 3.05) is 7.11 Å². The number of hydrogen-bond donors (Lipinski definition) is 1. The number of phenolic OH excluding ortho intramolecular Hbond substituents is 1. The van der Waals surface area contributed by atoms with Gasteiger partial charge in [-0.25, -0.2) is 0 Å². The van der Waals surface area contributed by atoms with Gasteiger partial charge in [0.1, 0.15) is 16.8 Å². The zero-order valence-electron chi connectivity index (χ0n) is 11.8. The van der Waals surface area contributed by atoms with E-state index in [0.29, 0.717) is 17.0 Å². The number of carbonyl (C=O) groups excluding carboxylic acids is 1. The Morgan fingerprint density at radius 3 is 2.80 bits per heavy atom. The maximum atomic E-state index is 11.6. The molecule has 108 valence electrons. The predicted molar refractivity (Wildman–Crippen MR) is 77.9 cm³/mol. The van der Waals surface area contributed by atoms with Gasteiger partial charge in [-0.05, 0) is 24.5 Å². The fourth-order valence-corrected chi connectivity index (χ4v) is 2.97. The molecule has 20 heavy (non-hydrogen) atoms. The Kier molecular flexibility index (Phi) is 4.54. The fraction of sp³-hybridized carbons (Fsp3) is 0.500. The van der Waals surface area contributed by atoms with E-state index < -0.39 is 0 Å². The van der Waals surface area contributed by atoms with Crippen molar-refractivity contribution in [2.45, 2.75) is 32.6 Å². The number of rotatable bonds is 5. The molecule has 0 saturated carbocycles. The van der Waals surface area contributed by atoms with Gasteiger partial charge in [-0.15, -0.1) is 0 Å². The van der Waals surface area contributed by atoms with Crippen LogP contribution in [-0.4, -0.2) is 26.9 Å². The number of ether oxygens (including phenoxy) is 1. The van der Waals surface area contributed by atoms with Gasteiger partial charge in [0.2, 0.25) is 0 Å². The Bertz CT molecular complexity index is 609. The molecule has 0 unspecified atom stereocenters. The van der Waals surface area contributed by atoms with Gasteiger partial charge in [-0.1, -0.05) is 13.8 Å². The van der Waals surface area contributed by atoms with Crippen LogP contribution in [0.3, 0.4) is 0 Å². The lowest BCUT2D eigenvalue weighted by molar-refractivity contribution is -0.141. The molecule has 1 atom stereocenters. The van der Waals surface area contributed by atoms with E-state index in [1.54, 1.807) is 12.1 Å². The Morgan fingerprint density at radius 2 is 2.15 bits per heavy atom. The first-order chi connectivity index (χ1) is 9.52. The summed E-state index contributed by atoms with van der Waals surface area (Å²) in [6, 6.07) is 3.35. The highest BCUT2D eigenvalue weighted by Gasteiger charge is 2.24. The van der Waals surface area contributed by atoms with E-state index in [1.165, 1.54) is 7.11 Å². The van der Waals surface area contributed by atoms with Gasteiger partial charge in [0, 0.05) is 11.5 Å². The Balaban J connectivity index is 2.46. The summed E-state index contributed by atoms with van der Waals surface area (Å²) in [5.41, 5.74) is 2.14. The molecular formula is C14H18N2O3S. The van der Waals surface area contributed by atoms with Crippen LogP contribution in [-0.2, 0) is 9.53 Å². The summed E-state index contributed by atoms with van der Waals surface area (Å²) >= 11 is 1.11. The molecule has 5 nitrogen and oxygen atoms in total. The van der Waals surface area contributed by atoms with E-state index >= 15 is 0 Å². The average Bonchev–Trinajstić information content (AvgIpc) is 2.85. The normalized spacial score (nSPS) is 12.8. The molecule has 0 amide bonds. The molecule has 1 heterocycles. The number of aromatic hydroxyl groups is 1. The number of hydrogen-bond acceptors (Lipinski definition) is 6. The zero-order valence-corrected chi connectivity index (χ0v) is 12.6. The molecule has 1 aromatic carbocycles. The Morgan fingerprint density at radius 1 is 1.40 bits per heavy atom. The van der Waals surface area contributed by atoms with Crippen molar-refractivity contribution in [2.24, 2.45) is 5.92 Å². The van der Waals surface area contributed by atoms with Crippen LogP contribution in [0.15, 0.2) is 12.1 Å². The maximum Gasteiger partial charge on any atom is 0.306 e. The molecule has 6 heteroatoms. The zero-order chi connectivity index (χ0) is 14.7. The highest BCUT2D eigenvalue weighted by atomic mass is 32.1. The number of fused-ring (bicyclic) bond motifs is 1. The third-order valence-corrected chi connectivity index (χ3v) is 3.79. The van der Waals surface area contributed by atoms with Gasteiger partial charge < -0.3 is 9.84 Å². The molecule has 0 aliphatic heterocycles. The standard InChI is InChI=1S/C14H18N2O3S/c1-8(2)6-9(7-12(18)19-3)13-11(17)5-4-10-14(13)16-20-15-10/h4-5,8-9,17H,6-7H2,1-3H3/t9-/m1/s1. The fourth-order valence-electron chi connectivity index (χ4n) is 2.42. The van der Waals surface area contributed by atoms with Gasteiger partial charge in [-0.2, -0.15) is 8.75 Å². The number of aromatic nitrogens is 2. The van der Waals surface area contributed by atoms with E-state index in [4.69, 9.17) is 4.74 Å². The predicted octanol–water partition coefficient (Wildman–Crippen LogP) is 3.09. The molecule has 1 aromatic heterocycles. The molecule has 0 aliphatic carbocycles. The molecule has 0 radical (unpaired) electrons. The topological polar surface area (TPSA) is 72.3 Å². The SMILES string of the molecule is COC(=O)C[C@@H](CC(C)C)c1c(O)ccc2nsnc12. The molecule has 1 N–H and O–H groups in total. The molecule has 0 aliphatic rings. The Hall–Kier alpha value is -1.69. The highest BCUT2D eigenvalue weighted by molar-refractivity contribution is 7.00. The second-order valence-corrected chi connectivity index (χ2v) is 5.77. The lowest BCUT2D eigenvalue weighted by Gasteiger charge is -2.19. The lowest BCUT2D eigenvalue weighted by atomic mass is 9.86. The van der Waals surface area contributed by atoms with Gasteiger partial charge in [0.15, 0.2) is 0 Å². The molecule has 0 spiro atoms. The number of esters is 1. The molecule has 0 bridgehead atoms. The van der Waals surface area contributed by atoms with Crippen molar-refractivity contribution in [3.05, 3.63) is 17.7 Å². The second kappa shape index (κ2) is 6.17. The summed E-state index contributed by atoms with van der Waals surface area (Å²) in [7, 11) is 1.37. The van der Waals surface area contributed by atoms with Crippen LogP contribution in [0.1, 0.15) is 38.2 Å². The minimum atomic E-state index is -0.282. The van der Waals surface area contributed by atoms with E-state index in [9.17, 15) is 9.90 Å². The molecule has 2 aromatic rings. The summed E-state index contributed by atoms with van der Waals surface area (Å²) in [5.74, 6) is 0.163. The third-order valence-electron chi connectivity index (χ3n) is 3.25. The van der Waals surface area contributed by atoms with Crippen LogP contribution in [0, 0.1) is 5.92 Å². The van der Waals surface area contributed by atoms with Gasteiger partial charge in [-0.3, -0.25) is 4.79 Å². The largest absolute Gasteiger partial charge is 0.508 e. The molecule has 0 fully saturated rings. The second-order valence-electron chi connectivity index (χ2n) is 5.24. The first-order valence-corrected chi connectivity index (χ1v) is 7.27. The summed E-state index contributed by atoms with van der Waals surface area (Å²) in [6.45, 7) is 4.17. The average molecular weight is 294 g/mol. The van der Waals surface area contributed by atoms with Crippen LogP contribution < -0.4 is 0 Å². The summed E-state index contributed by atoms with van der Waals surface area (Å²) in [6.07, 6.45) is 1.01. The van der Waals surface area contributed by atoms with Crippen LogP contribution in [0.25, 0.3) is 11.0 Å². The van der Waals surface area contributed by atoms with Crippen molar-refractivity contribution in [1.29, 1.82) is 0 Å². The summed E-state index contributed by atoms with van der Waals surface area (Å²) in [4.78, 5) is 11.6. The van der Waals surface area contributed by atoms with Crippen LogP contribution >= 0.6 is 11.7 Å². The number of benzene rings is 1. The van der Waals surface area contributed by atoms with Crippen LogP contribution in [0.2, 0.25) is 0 Å². The number of nitrogens with zero attached hydrogens (tertiary/aromatic N) is 2. The highest BCUT2D eigenvalue weighted by Crippen LogP contribution is 2.37. The molecule has 2 rings (SSSR count). The Labute approximate surface area is 121 Å². The monoisotopic (exact) mass is 294 g/mol. The number of carbonyl (C=O) groups is 1. The lowest BCUT2D eigenvalue weighted by Crippen LogP contribution is -2.11. The van der Waals surface area contributed by atoms with Gasteiger partial charge in [0.05, 0.1) is 25.3 Å². The van der Waals surface area contributed by atoms with Crippen molar-refractivity contribution in [1.82, 2.24) is 8.75 Å². The van der Waals surface area contributed by atoms with E-state index in [1.807, 2.05) is 0 Å². The van der Waals surface area contributed by atoms with Crippen molar-refractivity contribution in [3.8, 4) is 5.75 Å². The minimum Gasteiger partial charge on any atom is -0.508 e. The summed E-state index contributed by atoms with van der Waals surface area (Å²) < 4.78 is 13.2. The third kappa shape index (κ3) is 3.07. The van der Waals surface area contributed by atoms with Gasteiger partial charge in [0.25, 0.3) is 0 Å². The maximum absolute atomic E-state index is 11.6. The smallest absolute Gasteiger partial charge is 0.306 e. The van der Waals surface area contributed by atoms with E-state index in [-0.39, 0.29) is 24.1 Å². The number of methoxy groups -OCH3 is 1. The van der Waals surface area contributed by atoms with Crippen LogP contribution in [0.5, 0.6) is 5.75 Å². The van der Waals surface area contributed by atoms with E-state index in [2.05, 4.69) is 22.6 Å². The summed E-state index contributed by atoms with van der Waals surface area (Å²) in [5, 5.41) is 10.2. The van der Waals surface area contributed by atoms with Crippen molar-refractivity contribution >= 4 is 28.7 Å². The quantitative estimate of drug-likeness (QED) is 0.858. The van der Waals surface area contributed by atoms with Crippen molar-refractivity contribution < 1.29 is 14.6 Å². The van der Waals surface area contributed by atoms with Crippen LogP contribution in [0.4, 0.5) is 0 Å². The number of phenols is 1.